The number of carbonyl (C=O) groups excluding carboxylic acids is 2. The summed E-state index contributed by atoms with van der Waals surface area (Å²) in [5.74, 6) is -0.202. The van der Waals surface area contributed by atoms with Crippen molar-refractivity contribution >= 4 is 22.9 Å². The molecule has 1 fully saturated rings. The van der Waals surface area contributed by atoms with Crippen molar-refractivity contribution < 1.29 is 14.3 Å². The maximum atomic E-state index is 12.2. The lowest BCUT2D eigenvalue weighted by Gasteiger charge is -2.12. The zero-order valence-corrected chi connectivity index (χ0v) is 15.1. The summed E-state index contributed by atoms with van der Waals surface area (Å²) in [4.78, 5) is 28.4. The van der Waals surface area contributed by atoms with Crippen molar-refractivity contribution in [3.8, 4) is 5.69 Å². The van der Waals surface area contributed by atoms with E-state index < -0.39 is 5.97 Å². The number of carbonyl (C=O) groups is 2. The number of fused-ring (bicyclic) bond motifs is 1. The predicted molar refractivity (Wildman–Crippen MR) is 102 cm³/mol. The molecule has 27 heavy (non-hydrogen) atoms. The largest absolute Gasteiger partial charge is 0.452 e. The van der Waals surface area contributed by atoms with Crippen molar-refractivity contribution in [3.63, 3.8) is 0 Å². The fourth-order valence-electron chi connectivity index (χ4n) is 3.15. The molecule has 1 aromatic heterocycles. The van der Waals surface area contributed by atoms with Crippen LogP contribution in [0.4, 0.5) is 0 Å². The van der Waals surface area contributed by atoms with Crippen LogP contribution in [0.15, 0.2) is 54.9 Å². The quantitative estimate of drug-likeness (QED) is 0.683. The van der Waals surface area contributed by atoms with E-state index in [1.165, 1.54) is 0 Å². The van der Waals surface area contributed by atoms with Gasteiger partial charge in [-0.2, -0.15) is 0 Å². The van der Waals surface area contributed by atoms with Gasteiger partial charge in [0.05, 0.1) is 16.6 Å². The predicted octanol–water partition coefficient (Wildman–Crippen LogP) is 3.10. The van der Waals surface area contributed by atoms with Gasteiger partial charge in [-0.05, 0) is 62.1 Å². The minimum atomic E-state index is -0.508. The van der Waals surface area contributed by atoms with Gasteiger partial charge in [-0.1, -0.05) is 12.1 Å². The Morgan fingerprint density at radius 2 is 1.93 bits per heavy atom. The molecule has 6 heteroatoms. The van der Waals surface area contributed by atoms with Crippen molar-refractivity contribution in [3.05, 3.63) is 60.4 Å². The van der Waals surface area contributed by atoms with Crippen LogP contribution in [-0.2, 0) is 9.53 Å². The number of amides is 1. The number of benzene rings is 2. The highest BCUT2D eigenvalue weighted by Gasteiger charge is 2.29. The summed E-state index contributed by atoms with van der Waals surface area (Å²) >= 11 is 0. The standard InChI is InChI=1S/C21H21N3O3/c1-14(15-6-7-15)23-20(25)12-27-21(26)16-8-10-17(11-9-16)24-13-22-18-4-2-3-5-19(18)24/h2-5,8-11,13-15H,6-7,12H2,1H3,(H,23,25)/t14-/m1/s1. The molecule has 1 heterocycles. The van der Waals surface area contributed by atoms with Crippen LogP contribution in [0.2, 0.25) is 0 Å². The Bertz CT molecular complexity index is 974. The highest BCUT2D eigenvalue weighted by atomic mass is 16.5. The summed E-state index contributed by atoms with van der Waals surface area (Å²) in [7, 11) is 0. The van der Waals surface area contributed by atoms with E-state index in [4.69, 9.17) is 4.74 Å². The maximum absolute atomic E-state index is 12.2. The third-order valence-corrected chi connectivity index (χ3v) is 4.89. The molecule has 1 aliphatic rings. The van der Waals surface area contributed by atoms with E-state index in [1.54, 1.807) is 18.5 Å². The topological polar surface area (TPSA) is 73.2 Å². The Morgan fingerprint density at radius 1 is 1.19 bits per heavy atom. The number of hydrogen-bond acceptors (Lipinski definition) is 4. The van der Waals surface area contributed by atoms with Crippen molar-refractivity contribution in [2.45, 2.75) is 25.8 Å². The van der Waals surface area contributed by atoms with Crippen molar-refractivity contribution in [2.24, 2.45) is 5.92 Å². The molecule has 1 atom stereocenters. The number of aromatic nitrogens is 2. The normalized spacial score (nSPS) is 14.7. The van der Waals surface area contributed by atoms with Crippen LogP contribution in [-0.4, -0.2) is 34.1 Å². The summed E-state index contributed by atoms with van der Waals surface area (Å²) in [6, 6.07) is 15.0. The number of esters is 1. The molecule has 6 nitrogen and oxygen atoms in total. The first-order chi connectivity index (χ1) is 13.1. The molecule has 0 bridgehead atoms. The molecule has 0 unspecified atom stereocenters. The summed E-state index contributed by atoms with van der Waals surface area (Å²) in [6.45, 7) is 1.72. The molecule has 138 valence electrons. The van der Waals surface area contributed by atoms with E-state index in [9.17, 15) is 9.59 Å². The van der Waals surface area contributed by atoms with Crippen molar-refractivity contribution in [2.75, 3.05) is 6.61 Å². The van der Waals surface area contributed by atoms with Gasteiger partial charge in [-0.3, -0.25) is 9.36 Å². The lowest BCUT2D eigenvalue weighted by atomic mass is 10.2. The van der Waals surface area contributed by atoms with E-state index in [-0.39, 0.29) is 18.6 Å². The molecule has 0 saturated heterocycles. The molecule has 1 saturated carbocycles. The number of hydrogen-bond donors (Lipinski definition) is 1. The molecule has 4 rings (SSSR count). The Labute approximate surface area is 157 Å². The van der Waals surface area contributed by atoms with Gasteiger partial charge in [0.25, 0.3) is 5.91 Å². The molecular formula is C21H21N3O3. The van der Waals surface area contributed by atoms with Crippen LogP contribution in [0.1, 0.15) is 30.1 Å². The molecule has 3 aromatic rings. The molecule has 1 aliphatic carbocycles. The Morgan fingerprint density at radius 3 is 2.67 bits per heavy atom. The second kappa shape index (κ2) is 7.23. The summed E-state index contributed by atoms with van der Waals surface area (Å²) in [5.41, 5.74) is 3.21. The Kier molecular flexibility index (Phi) is 4.62. The van der Waals surface area contributed by atoms with Gasteiger partial charge >= 0.3 is 5.97 Å². The molecular weight excluding hydrogens is 342 g/mol. The number of nitrogens with zero attached hydrogens (tertiary/aromatic N) is 2. The number of nitrogens with one attached hydrogen (secondary N) is 1. The fourth-order valence-corrected chi connectivity index (χ4v) is 3.15. The van der Waals surface area contributed by atoms with E-state index >= 15 is 0 Å². The number of ether oxygens (including phenoxy) is 1. The Hall–Kier alpha value is -3.15. The first-order valence-corrected chi connectivity index (χ1v) is 9.11. The van der Waals surface area contributed by atoms with E-state index in [2.05, 4.69) is 10.3 Å². The van der Waals surface area contributed by atoms with Crippen LogP contribution >= 0.6 is 0 Å². The number of imidazole rings is 1. The summed E-state index contributed by atoms with van der Waals surface area (Å²) < 4.78 is 7.08. The lowest BCUT2D eigenvalue weighted by molar-refractivity contribution is -0.124. The molecule has 0 spiro atoms. The average Bonchev–Trinajstić information content (AvgIpc) is 3.46. The third kappa shape index (κ3) is 3.84. The number of rotatable bonds is 6. The van der Waals surface area contributed by atoms with E-state index in [0.717, 1.165) is 29.6 Å². The number of para-hydroxylation sites is 2. The van der Waals surface area contributed by atoms with E-state index in [1.807, 2.05) is 47.9 Å². The first kappa shape index (κ1) is 17.3. The highest BCUT2D eigenvalue weighted by Crippen LogP contribution is 2.32. The van der Waals surface area contributed by atoms with Crippen LogP contribution in [0, 0.1) is 5.92 Å². The minimum Gasteiger partial charge on any atom is -0.452 e. The second-order valence-corrected chi connectivity index (χ2v) is 6.92. The fraction of sp³-hybridized carbons (Fsp3) is 0.286. The SMILES string of the molecule is C[C@@H](NC(=O)COC(=O)c1ccc(-n2cnc3ccccc32)cc1)C1CC1. The van der Waals surface area contributed by atoms with Gasteiger partial charge in [0.1, 0.15) is 6.33 Å². The Balaban J connectivity index is 1.38. The van der Waals surface area contributed by atoms with Crippen LogP contribution in [0.3, 0.4) is 0 Å². The maximum Gasteiger partial charge on any atom is 0.338 e. The lowest BCUT2D eigenvalue weighted by Crippen LogP contribution is -2.37. The van der Waals surface area contributed by atoms with Gasteiger partial charge in [0, 0.05) is 11.7 Å². The van der Waals surface area contributed by atoms with Gasteiger partial charge in [-0.25, -0.2) is 9.78 Å². The molecule has 1 amide bonds. The molecule has 0 radical (unpaired) electrons. The second-order valence-electron chi connectivity index (χ2n) is 6.92. The van der Waals surface area contributed by atoms with Gasteiger partial charge in [-0.15, -0.1) is 0 Å². The highest BCUT2D eigenvalue weighted by molar-refractivity contribution is 5.91. The smallest absolute Gasteiger partial charge is 0.338 e. The van der Waals surface area contributed by atoms with Gasteiger partial charge in [0.2, 0.25) is 0 Å². The third-order valence-electron chi connectivity index (χ3n) is 4.89. The van der Waals surface area contributed by atoms with Crippen LogP contribution in [0.5, 0.6) is 0 Å². The molecule has 2 aromatic carbocycles. The summed E-state index contributed by atoms with van der Waals surface area (Å²) in [6.07, 6.45) is 4.06. The van der Waals surface area contributed by atoms with Crippen molar-refractivity contribution in [1.29, 1.82) is 0 Å². The minimum absolute atomic E-state index is 0.139. The average molecular weight is 363 g/mol. The first-order valence-electron chi connectivity index (χ1n) is 9.11. The van der Waals surface area contributed by atoms with Crippen LogP contribution in [0.25, 0.3) is 16.7 Å². The monoisotopic (exact) mass is 363 g/mol. The zero-order valence-electron chi connectivity index (χ0n) is 15.1. The molecule has 0 aliphatic heterocycles. The van der Waals surface area contributed by atoms with Crippen LogP contribution < -0.4 is 5.32 Å². The van der Waals surface area contributed by atoms with E-state index in [0.29, 0.717) is 11.5 Å². The van der Waals surface area contributed by atoms with Gasteiger partial charge < -0.3 is 10.1 Å². The summed E-state index contributed by atoms with van der Waals surface area (Å²) in [5, 5.41) is 2.87. The van der Waals surface area contributed by atoms with Gasteiger partial charge in [0.15, 0.2) is 6.61 Å². The molecule has 1 N–H and O–H groups in total. The van der Waals surface area contributed by atoms with Crippen molar-refractivity contribution in [1.82, 2.24) is 14.9 Å². The zero-order chi connectivity index (χ0) is 18.8.